The van der Waals surface area contributed by atoms with Gasteiger partial charge in [0.15, 0.2) is 11.5 Å². The van der Waals surface area contributed by atoms with Gasteiger partial charge < -0.3 is 14.2 Å². The van der Waals surface area contributed by atoms with Gasteiger partial charge in [-0.05, 0) is 41.5 Å². The summed E-state index contributed by atoms with van der Waals surface area (Å²) in [6, 6.07) is 23.7. The van der Waals surface area contributed by atoms with Crippen LogP contribution < -0.4 is 14.2 Å². The SMILES string of the molecule is COc1cc(C=O)ccc1OCCOc1ccc(C(C)(C)c2ccccc2)cc1. The summed E-state index contributed by atoms with van der Waals surface area (Å²) in [5, 5.41) is 0. The van der Waals surface area contributed by atoms with Crippen molar-refractivity contribution in [3.63, 3.8) is 0 Å². The van der Waals surface area contributed by atoms with Gasteiger partial charge in [0.05, 0.1) is 7.11 Å². The summed E-state index contributed by atoms with van der Waals surface area (Å²) < 4.78 is 16.8. The third-order valence-corrected chi connectivity index (χ3v) is 5.00. The summed E-state index contributed by atoms with van der Waals surface area (Å²) in [7, 11) is 1.55. The third-order valence-electron chi connectivity index (χ3n) is 5.00. The lowest BCUT2D eigenvalue weighted by Gasteiger charge is -2.26. The van der Waals surface area contributed by atoms with E-state index in [2.05, 4.69) is 50.2 Å². The maximum atomic E-state index is 10.9. The normalized spacial score (nSPS) is 11.0. The van der Waals surface area contributed by atoms with Gasteiger partial charge in [-0.3, -0.25) is 4.79 Å². The third kappa shape index (κ3) is 4.96. The van der Waals surface area contributed by atoms with Crippen LogP contribution in [0.25, 0.3) is 0 Å². The molecule has 0 aliphatic rings. The van der Waals surface area contributed by atoms with Crippen LogP contribution in [0.1, 0.15) is 35.3 Å². The second kappa shape index (κ2) is 9.28. The van der Waals surface area contributed by atoms with Gasteiger partial charge in [0.2, 0.25) is 0 Å². The first kappa shape index (κ1) is 20.5. The minimum absolute atomic E-state index is 0.0763. The summed E-state index contributed by atoms with van der Waals surface area (Å²) in [5.74, 6) is 1.91. The van der Waals surface area contributed by atoms with Crippen molar-refractivity contribution in [1.29, 1.82) is 0 Å². The van der Waals surface area contributed by atoms with Crippen LogP contribution in [0.2, 0.25) is 0 Å². The highest BCUT2D eigenvalue weighted by molar-refractivity contribution is 5.76. The zero-order valence-electron chi connectivity index (χ0n) is 17.1. The first-order valence-electron chi connectivity index (χ1n) is 9.59. The molecule has 0 aliphatic heterocycles. The van der Waals surface area contributed by atoms with E-state index in [0.717, 1.165) is 12.0 Å². The molecule has 0 aromatic heterocycles. The van der Waals surface area contributed by atoms with Crippen molar-refractivity contribution in [3.8, 4) is 17.2 Å². The number of hydrogen-bond acceptors (Lipinski definition) is 4. The van der Waals surface area contributed by atoms with Crippen LogP contribution in [0.5, 0.6) is 17.2 Å². The van der Waals surface area contributed by atoms with E-state index in [-0.39, 0.29) is 5.41 Å². The van der Waals surface area contributed by atoms with Crippen molar-refractivity contribution in [2.24, 2.45) is 0 Å². The number of methoxy groups -OCH3 is 1. The Labute approximate surface area is 172 Å². The monoisotopic (exact) mass is 390 g/mol. The van der Waals surface area contributed by atoms with Crippen LogP contribution in [-0.4, -0.2) is 26.6 Å². The topological polar surface area (TPSA) is 44.8 Å². The lowest BCUT2D eigenvalue weighted by atomic mass is 9.78. The lowest BCUT2D eigenvalue weighted by molar-refractivity contribution is 0.112. The van der Waals surface area contributed by atoms with Gasteiger partial charge in [0.25, 0.3) is 0 Å². The minimum atomic E-state index is -0.0763. The molecule has 3 aromatic carbocycles. The molecule has 0 saturated carbocycles. The molecule has 0 saturated heterocycles. The van der Waals surface area contributed by atoms with Crippen LogP contribution in [0.3, 0.4) is 0 Å². The van der Waals surface area contributed by atoms with E-state index in [1.807, 2.05) is 18.2 Å². The van der Waals surface area contributed by atoms with Gasteiger partial charge in [-0.2, -0.15) is 0 Å². The molecular formula is C25H26O4. The van der Waals surface area contributed by atoms with E-state index in [0.29, 0.717) is 30.3 Å². The fourth-order valence-electron chi connectivity index (χ4n) is 3.18. The summed E-state index contributed by atoms with van der Waals surface area (Å²) in [5.41, 5.74) is 2.97. The molecule has 0 heterocycles. The molecule has 0 amide bonds. The van der Waals surface area contributed by atoms with Crippen molar-refractivity contribution in [3.05, 3.63) is 89.5 Å². The molecule has 150 valence electrons. The fraction of sp³-hybridized carbons (Fsp3) is 0.240. The van der Waals surface area contributed by atoms with Crippen molar-refractivity contribution in [2.45, 2.75) is 19.3 Å². The first-order chi connectivity index (χ1) is 14.0. The Morgan fingerprint density at radius 1 is 0.793 bits per heavy atom. The van der Waals surface area contributed by atoms with E-state index < -0.39 is 0 Å². The Kier molecular flexibility index (Phi) is 6.55. The number of carbonyl (C=O) groups excluding carboxylic acids is 1. The van der Waals surface area contributed by atoms with E-state index in [1.165, 1.54) is 11.1 Å². The Bertz CT molecular complexity index is 931. The second-order valence-corrected chi connectivity index (χ2v) is 7.24. The Morgan fingerprint density at radius 3 is 2.10 bits per heavy atom. The maximum Gasteiger partial charge on any atom is 0.161 e. The molecule has 0 radical (unpaired) electrons. The summed E-state index contributed by atoms with van der Waals surface area (Å²) in [6.45, 7) is 5.21. The molecular weight excluding hydrogens is 364 g/mol. The molecule has 0 N–H and O–H groups in total. The number of hydrogen-bond donors (Lipinski definition) is 0. The van der Waals surface area contributed by atoms with Crippen LogP contribution in [-0.2, 0) is 5.41 Å². The van der Waals surface area contributed by atoms with Crippen LogP contribution in [0.15, 0.2) is 72.8 Å². The van der Waals surface area contributed by atoms with Crippen LogP contribution in [0.4, 0.5) is 0 Å². The molecule has 0 bridgehead atoms. The molecule has 0 atom stereocenters. The molecule has 0 aliphatic carbocycles. The maximum absolute atomic E-state index is 10.9. The van der Waals surface area contributed by atoms with Crippen molar-refractivity contribution >= 4 is 6.29 Å². The van der Waals surface area contributed by atoms with Gasteiger partial charge >= 0.3 is 0 Å². The number of benzene rings is 3. The molecule has 3 rings (SSSR count). The van der Waals surface area contributed by atoms with E-state index in [4.69, 9.17) is 14.2 Å². The standard InChI is InChI=1S/C25H26O4/c1-25(2,20-7-5-4-6-8-20)21-10-12-22(13-11-21)28-15-16-29-23-14-9-19(18-26)17-24(23)27-3/h4-14,17-18H,15-16H2,1-3H3. The van der Waals surface area contributed by atoms with E-state index >= 15 is 0 Å². The largest absolute Gasteiger partial charge is 0.493 e. The Morgan fingerprint density at radius 2 is 1.45 bits per heavy atom. The molecule has 0 unspecified atom stereocenters. The predicted molar refractivity (Wildman–Crippen MR) is 114 cm³/mol. The second-order valence-electron chi connectivity index (χ2n) is 7.24. The van der Waals surface area contributed by atoms with E-state index in [9.17, 15) is 4.79 Å². The summed E-state index contributed by atoms with van der Waals surface area (Å²) in [4.78, 5) is 10.9. The number of carbonyl (C=O) groups is 1. The molecule has 29 heavy (non-hydrogen) atoms. The highest BCUT2D eigenvalue weighted by Crippen LogP contribution is 2.32. The van der Waals surface area contributed by atoms with Crippen LogP contribution in [0, 0.1) is 0 Å². The Balaban J connectivity index is 1.55. The lowest BCUT2D eigenvalue weighted by Crippen LogP contribution is -2.18. The van der Waals surface area contributed by atoms with Crippen molar-refractivity contribution < 1.29 is 19.0 Å². The smallest absolute Gasteiger partial charge is 0.161 e. The summed E-state index contributed by atoms with van der Waals surface area (Å²) in [6.07, 6.45) is 0.776. The quantitative estimate of drug-likeness (QED) is 0.368. The number of rotatable bonds is 9. The predicted octanol–water partition coefficient (Wildman–Crippen LogP) is 5.29. The van der Waals surface area contributed by atoms with Gasteiger partial charge in [0.1, 0.15) is 25.2 Å². The first-order valence-corrected chi connectivity index (χ1v) is 9.59. The minimum Gasteiger partial charge on any atom is -0.493 e. The molecule has 0 fully saturated rings. The zero-order chi connectivity index (χ0) is 20.7. The molecule has 4 nitrogen and oxygen atoms in total. The van der Waals surface area contributed by atoms with Gasteiger partial charge in [0, 0.05) is 11.0 Å². The van der Waals surface area contributed by atoms with Gasteiger partial charge in [-0.25, -0.2) is 0 Å². The number of aldehydes is 1. The van der Waals surface area contributed by atoms with Crippen molar-refractivity contribution in [1.82, 2.24) is 0 Å². The highest BCUT2D eigenvalue weighted by atomic mass is 16.5. The zero-order valence-corrected chi connectivity index (χ0v) is 17.1. The van der Waals surface area contributed by atoms with Crippen molar-refractivity contribution in [2.75, 3.05) is 20.3 Å². The molecule has 3 aromatic rings. The Hall–Kier alpha value is -3.27. The molecule has 4 heteroatoms. The van der Waals surface area contributed by atoms with E-state index in [1.54, 1.807) is 25.3 Å². The highest BCUT2D eigenvalue weighted by Gasteiger charge is 2.22. The number of ether oxygens (including phenoxy) is 3. The summed E-state index contributed by atoms with van der Waals surface area (Å²) >= 11 is 0. The molecule has 0 spiro atoms. The van der Waals surface area contributed by atoms with Gasteiger partial charge in [-0.1, -0.05) is 56.3 Å². The van der Waals surface area contributed by atoms with Gasteiger partial charge in [-0.15, -0.1) is 0 Å². The average molecular weight is 390 g/mol. The van der Waals surface area contributed by atoms with Crippen LogP contribution >= 0.6 is 0 Å². The average Bonchev–Trinajstić information content (AvgIpc) is 2.77. The fourth-order valence-corrected chi connectivity index (χ4v) is 3.18.